The van der Waals surface area contributed by atoms with Gasteiger partial charge < -0.3 is 21.1 Å². The molecule has 0 aliphatic carbocycles. The summed E-state index contributed by atoms with van der Waals surface area (Å²) >= 11 is 3.26. The lowest BCUT2D eigenvalue weighted by Crippen LogP contribution is -2.04. The van der Waals surface area contributed by atoms with Gasteiger partial charge in [0, 0.05) is 47.0 Å². The topological polar surface area (TPSA) is 56.3 Å². The summed E-state index contributed by atoms with van der Waals surface area (Å²) in [4.78, 5) is 0.787. The third-order valence-corrected chi connectivity index (χ3v) is 6.07. The predicted molar refractivity (Wildman–Crippen MR) is 159 cm³/mol. The number of allylic oxidation sites excluding steroid dienone is 3. The van der Waals surface area contributed by atoms with Gasteiger partial charge in [-0.25, -0.2) is 0 Å². The highest BCUT2D eigenvalue weighted by molar-refractivity contribution is 8.16. The van der Waals surface area contributed by atoms with E-state index >= 15 is 0 Å². The third kappa shape index (κ3) is 20.2. The van der Waals surface area contributed by atoms with E-state index in [-0.39, 0.29) is 16.8 Å². The molecule has 0 aliphatic heterocycles. The zero-order valence-electron chi connectivity index (χ0n) is 21.5. The summed E-state index contributed by atoms with van der Waals surface area (Å²) in [6.45, 7) is 10.6. The van der Waals surface area contributed by atoms with Crippen LogP contribution in [0.5, 0.6) is 0 Å². The number of benzene rings is 2. The number of aliphatic hydroxyl groups excluding tert-OH is 1. The minimum absolute atomic E-state index is 0.0279. The summed E-state index contributed by atoms with van der Waals surface area (Å²) in [6.07, 6.45) is 7.43. The van der Waals surface area contributed by atoms with E-state index in [0.717, 1.165) is 71.6 Å². The molecule has 39 heavy (non-hydrogen) atoms. The zero-order valence-corrected chi connectivity index (χ0v) is 24.0. The molecule has 2 aromatic carbocycles. The average molecular weight is 614 g/mol. The van der Waals surface area contributed by atoms with E-state index < -0.39 is 11.0 Å². The van der Waals surface area contributed by atoms with E-state index in [1.807, 2.05) is 48.5 Å². The lowest BCUT2D eigenvalue weighted by atomic mass is 10.2. The summed E-state index contributed by atoms with van der Waals surface area (Å²) in [5, 5.41) is 17.1. The molecule has 0 fully saturated rings. The Morgan fingerprint density at radius 3 is 2.03 bits per heavy atom. The van der Waals surface area contributed by atoms with Crippen LogP contribution in [0.1, 0.15) is 19.8 Å². The van der Waals surface area contributed by atoms with Gasteiger partial charge in [0.2, 0.25) is 0 Å². The Kier molecular flexibility index (Phi) is 18.5. The van der Waals surface area contributed by atoms with E-state index in [1.54, 1.807) is 12.2 Å². The van der Waals surface area contributed by atoms with E-state index in [4.69, 9.17) is 5.11 Å². The van der Waals surface area contributed by atoms with Crippen LogP contribution in [0.2, 0.25) is 0 Å². The molecule has 0 heterocycles. The van der Waals surface area contributed by atoms with E-state index in [0.29, 0.717) is 0 Å². The first-order valence-electron chi connectivity index (χ1n) is 11.4. The lowest BCUT2D eigenvalue weighted by molar-refractivity contribution is -0.0328. The van der Waals surface area contributed by atoms with Crippen molar-refractivity contribution < 1.29 is 31.4 Å². The van der Waals surface area contributed by atoms with Crippen LogP contribution in [0.4, 0.5) is 49.1 Å². The average Bonchev–Trinajstić information content (AvgIpc) is 2.84. The maximum atomic E-state index is 12.3. The Morgan fingerprint density at radius 1 is 0.949 bits per heavy atom. The smallest absolute Gasteiger partial charge is 0.400 e. The van der Waals surface area contributed by atoms with Crippen LogP contribution in [0, 0.1) is 0 Å². The number of thiol groups is 1. The fourth-order valence-electron chi connectivity index (χ4n) is 2.70. The first-order valence-corrected chi connectivity index (χ1v) is 13.8. The number of nitrogens with one attached hydrogen (secondary N) is 3. The Bertz CT molecular complexity index is 1010. The molecule has 0 radical (unpaired) electrons. The molecule has 0 aromatic heterocycles. The van der Waals surface area contributed by atoms with E-state index in [9.17, 15) is 26.3 Å². The summed E-state index contributed by atoms with van der Waals surface area (Å²) < 4.78 is 67.5. The summed E-state index contributed by atoms with van der Waals surface area (Å²) in [7, 11) is 1.00. The largest absolute Gasteiger partial charge is 0.442 e. The fourth-order valence-corrected chi connectivity index (χ4v) is 4.35. The number of halogens is 6. The number of alkyl halides is 6. The van der Waals surface area contributed by atoms with E-state index in [2.05, 4.69) is 48.7 Å². The molecule has 0 amide bonds. The van der Waals surface area contributed by atoms with Crippen molar-refractivity contribution in [3.05, 3.63) is 79.5 Å². The summed E-state index contributed by atoms with van der Waals surface area (Å²) in [5.41, 5.74) is -4.09. The molecule has 0 aliphatic rings. The van der Waals surface area contributed by atoms with Crippen LogP contribution in [-0.4, -0.2) is 34.9 Å². The highest BCUT2D eigenvalue weighted by Gasteiger charge is 2.27. The molecule has 4 N–H and O–H groups in total. The molecular weight excluding hydrogens is 580 g/mol. The number of anilines is 4. The van der Waals surface area contributed by atoms with Gasteiger partial charge in [0.1, 0.15) is 0 Å². The Labute approximate surface area is 239 Å². The van der Waals surface area contributed by atoms with Gasteiger partial charge in [0.15, 0.2) is 0 Å². The number of unbranched alkanes of at least 4 members (excludes halogenated alkanes) is 1. The second kappa shape index (κ2) is 19.7. The normalized spacial score (nSPS) is 11.3. The van der Waals surface area contributed by atoms with Crippen molar-refractivity contribution in [3.63, 3.8) is 0 Å². The molecule has 13 heteroatoms. The van der Waals surface area contributed by atoms with Crippen LogP contribution in [0.15, 0.2) is 84.4 Å². The Balaban J connectivity index is 0.00000185. The quantitative estimate of drug-likeness (QED) is 0.0387. The van der Waals surface area contributed by atoms with Gasteiger partial charge in [-0.1, -0.05) is 45.2 Å². The number of hydrogen-bond acceptors (Lipinski definition) is 7. The minimum atomic E-state index is -4.31. The maximum absolute atomic E-state index is 12.3. The molecule has 0 unspecified atom stereocenters. The van der Waals surface area contributed by atoms with Gasteiger partial charge in [-0.05, 0) is 72.8 Å². The van der Waals surface area contributed by atoms with Crippen molar-refractivity contribution in [2.45, 2.75) is 35.7 Å². The standard InChI is InChI=1S/C24H28F3N3S2.CHF3S.CH4O/c1-4-7-13-28-20-14-21(29-18(6-3)8-5-2)16-22(15-20)30-19-9-11-23(12-10-19)31-17-32-24(25,26)27;2-1(3,4)5;1-2/h5-6,8-12,14-16,28-30H,2-4,7,13,17H2,1H3;5H;2H,1H3/b18-8+;;. The SMILES string of the molecule is C=C/C=C(\C=C)Nc1cc(NCCCC)cc(Nc2ccc(SCSC(F)(F)F)cc2)c1.CO.FC(F)(F)S. The molecule has 0 bridgehead atoms. The minimum Gasteiger partial charge on any atom is -0.400 e. The molecule has 218 valence electrons. The predicted octanol–water partition coefficient (Wildman–Crippen LogP) is 9.66. The highest BCUT2D eigenvalue weighted by atomic mass is 32.2. The van der Waals surface area contributed by atoms with Gasteiger partial charge in [-0.15, -0.1) is 11.8 Å². The highest BCUT2D eigenvalue weighted by Crippen LogP contribution is 2.35. The van der Waals surface area contributed by atoms with Gasteiger partial charge in [-0.2, -0.15) is 26.3 Å². The Hall–Kier alpha value is -2.35. The van der Waals surface area contributed by atoms with Crippen molar-refractivity contribution in [2.75, 3.05) is 34.7 Å². The lowest BCUT2D eigenvalue weighted by Gasteiger charge is -2.15. The van der Waals surface area contributed by atoms with Crippen molar-refractivity contribution in [1.29, 1.82) is 0 Å². The van der Waals surface area contributed by atoms with Crippen molar-refractivity contribution in [2.24, 2.45) is 0 Å². The van der Waals surface area contributed by atoms with Gasteiger partial charge in [-0.3, -0.25) is 0 Å². The molecule has 4 nitrogen and oxygen atoms in total. The van der Waals surface area contributed by atoms with Gasteiger partial charge in [0.25, 0.3) is 0 Å². The maximum Gasteiger partial charge on any atom is 0.442 e. The molecule has 0 spiro atoms. The van der Waals surface area contributed by atoms with Crippen LogP contribution in [-0.2, 0) is 0 Å². The monoisotopic (exact) mass is 613 g/mol. The Morgan fingerprint density at radius 2 is 1.51 bits per heavy atom. The van der Waals surface area contributed by atoms with Gasteiger partial charge in [0.05, 0.1) is 5.08 Å². The van der Waals surface area contributed by atoms with E-state index in [1.165, 1.54) is 0 Å². The van der Waals surface area contributed by atoms with Crippen molar-refractivity contribution >= 4 is 58.9 Å². The molecule has 2 rings (SSSR count). The van der Waals surface area contributed by atoms with Crippen LogP contribution < -0.4 is 16.0 Å². The number of thioether (sulfide) groups is 2. The number of hydrogen-bond donors (Lipinski definition) is 5. The van der Waals surface area contributed by atoms with Crippen molar-refractivity contribution in [3.8, 4) is 0 Å². The second-order valence-corrected chi connectivity index (χ2v) is 10.2. The summed E-state index contributed by atoms with van der Waals surface area (Å²) in [5.74, 6) is 0. The molecule has 0 saturated heterocycles. The molecule has 0 saturated carbocycles. The first-order chi connectivity index (χ1) is 18.3. The summed E-state index contributed by atoms with van der Waals surface area (Å²) in [6, 6.07) is 13.4. The van der Waals surface area contributed by atoms with Crippen molar-refractivity contribution in [1.82, 2.24) is 0 Å². The van der Waals surface area contributed by atoms with Gasteiger partial charge >= 0.3 is 11.0 Å². The molecular formula is C26H33F6N3OS3. The molecule has 0 atom stereocenters. The fraction of sp³-hybridized carbons (Fsp3) is 0.308. The number of rotatable bonds is 13. The van der Waals surface area contributed by atoms with Crippen LogP contribution >= 0.6 is 36.2 Å². The number of aliphatic hydroxyl groups is 1. The zero-order chi connectivity index (χ0) is 29.9. The van der Waals surface area contributed by atoms with Crippen LogP contribution in [0.25, 0.3) is 0 Å². The van der Waals surface area contributed by atoms with Crippen LogP contribution in [0.3, 0.4) is 0 Å². The molecule has 2 aromatic rings. The second-order valence-electron chi connectivity index (χ2n) is 7.24. The third-order valence-electron chi connectivity index (χ3n) is 4.19. The first kappa shape index (κ1) is 36.6.